The molecule has 0 atom stereocenters. The highest BCUT2D eigenvalue weighted by Gasteiger charge is 2.09. The van der Waals surface area contributed by atoms with Crippen molar-refractivity contribution in [2.45, 2.75) is 6.92 Å². The van der Waals surface area contributed by atoms with E-state index in [-0.39, 0.29) is 5.91 Å². The molecular formula is C20H16N4O. The molecule has 0 aliphatic heterocycles. The third-order valence-electron chi connectivity index (χ3n) is 3.55. The van der Waals surface area contributed by atoms with Gasteiger partial charge in [0, 0.05) is 23.3 Å². The molecule has 3 rings (SSSR count). The molecule has 3 aromatic rings. The lowest BCUT2D eigenvalue weighted by atomic mass is 10.2. The van der Waals surface area contributed by atoms with E-state index in [2.05, 4.69) is 15.6 Å². The molecule has 122 valence electrons. The van der Waals surface area contributed by atoms with Crippen LogP contribution in [0.3, 0.4) is 0 Å². The predicted molar refractivity (Wildman–Crippen MR) is 97.8 cm³/mol. The van der Waals surface area contributed by atoms with Gasteiger partial charge in [0.2, 0.25) is 0 Å². The fourth-order valence-electron chi connectivity index (χ4n) is 2.38. The van der Waals surface area contributed by atoms with Crippen LogP contribution < -0.4 is 10.6 Å². The molecule has 5 heteroatoms. The van der Waals surface area contributed by atoms with Crippen LogP contribution in [0.5, 0.6) is 0 Å². The van der Waals surface area contributed by atoms with Crippen molar-refractivity contribution in [3.8, 4) is 6.07 Å². The highest BCUT2D eigenvalue weighted by Crippen LogP contribution is 2.18. The Kier molecular flexibility index (Phi) is 4.72. The van der Waals surface area contributed by atoms with E-state index in [1.165, 1.54) is 0 Å². The van der Waals surface area contributed by atoms with Crippen molar-refractivity contribution in [2.24, 2.45) is 0 Å². The van der Waals surface area contributed by atoms with Gasteiger partial charge in [-0.15, -0.1) is 0 Å². The van der Waals surface area contributed by atoms with Crippen molar-refractivity contribution in [2.75, 3.05) is 10.6 Å². The third-order valence-corrected chi connectivity index (χ3v) is 3.55. The van der Waals surface area contributed by atoms with Gasteiger partial charge >= 0.3 is 0 Å². The molecule has 0 saturated heterocycles. The van der Waals surface area contributed by atoms with E-state index >= 15 is 0 Å². The second-order valence-electron chi connectivity index (χ2n) is 5.57. The average Bonchev–Trinajstić information content (AvgIpc) is 2.62. The second kappa shape index (κ2) is 7.28. The Morgan fingerprint density at radius 1 is 1.00 bits per heavy atom. The van der Waals surface area contributed by atoms with E-state index in [4.69, 9.17) is 5.26 Å². The van der Waals surface area contributed by atoms with Gasteiger partial charge in [0.1, 0.15) is 5.69 Å². The molecule has 1 heterocycles. The van der Waals surface area contributed by atoms with Crippen LogP contribution in [0.15, 0.2) is 66.9 Å². The summed E-state index contributed by atoms with van der Waals surface area (Å²) in [4.78, 5) is 16.5. The van der Waals surface area contributed by atoms with Crippen LogP contribution in [-0.4, -0.2) is 10.9 Å². The van der Waals surface area contributed by atoms with Gasteiger partial charge in [-0.1, -0.05) is 18.2 Å². The zero-order valence-corrected chi connectivity index (χ0v) is 13.7. The molecule has 5 nitrogen and oxygen atoms in total. The smallest absolute Gasteiger partial charge is 0.274 e. The maximum Gasteiger partial charge on any atom is 0.274 e. The van der Waals surface area contributed by atoms with Crippen LogP contribution in [0.2, 0.25) is 0 Å². The monoisotopic (exact) mass is 328 g/mol. The fraction of sp³-hybridized carbons (Fsp3) is 0.0500. The maximum absolute atomic E-state index is 12.4. The summed E-state index contributed by atoms with van der Waals surface area (Å²) < 4.78 is 0. The van der Waals surface area contributed by atoms with Gasteiger partial charge in [0.05, 0.1) is 11.6 Å². The number of pyridine rings is 1. The first-order valence-corrected chi connectivity index (χ1v) is 7.75. The largest absolute Gasteiger partial charge is 0.355 e. The molecule has 0 spiro atoms. The van der Waals surface area contributed by atoms with Crippen molar-refractivity contribution in [3.63, 3.8) is 0 Å². The van der Waals surface area contributed by atoms with Crippen LogP contribution in [0.25, 0.3) is 0 Å². The fourth-order valence-corrected chi connectivity index (χ4v) is 2.38. The molecule has 25 heavy (non-hydrogen) atoms. The minimum atomic E-state index is -0.331. The summed E-state index contributed by atoms with van der Waals surface area (Å²) in [6.45, 7) is 2.02. The average molecular weight is 328 g/mol. The van der Waals surface area contributed by atoms with Gasteiger partial charge < -0.3 is 10.6 Å². The van der Waals surface area contributed by atoms with Crippen LogP contribution in [0, 0.1) is 18.3 Å². The first-order valence-electron chi connectivity index (χ1n) is 7.75. The molecule has 0 aliphatic carbocycles. The number of benzene rings is 2. The Labute approximate surface area is 146 Å². The lowest BCUT2D eigenvalue weighted by molar-refractivity contribution is 0.102. The quantitative estimate of drug-likeness (QED) is 0.750. The van der Waals surface area contributed by atoms with Crippen molar-refractivity contribution < 1.29 is 4.79 Å². The van der Waals surface area contributed by atoms with Gasteiger partial charge in [-0.05, 0) is 55.0 Å². The Bertz CT molecular complexity index is 960. The molecule has 2 N–H and O–H groups in total. The van der Waals surface area contributed by atoms with E-state index in [1.807, 2.05) is 37.3 Å². The molecule has 0 aliphatic rings. The van der Waals surface area contributed by atoms with Gasteiger partial charge in [-0.3, -0.25) is 9.78 Å². The number of nitriles is 1. The van der Waals surface area contributed by atoms with Crippen molar-refractivity contribution in [1.29, 1.82) is 5.26 Å². The summed E-state index contributed by atoms with van der Waals surface area (Å²) >= 11 is 0. The van der Waals surface area contributed by atoms with E-state index in [0.717, 1.165) is 16.9 Å². The van der Waals surface area contributed by atoms with Crippen LogP contribution in [0.1, 0.15) is 21.6 Å². The molecule has 0 unspecified atom stereocenters. The third kappa shape index (κ3) is 4.21. The minimum absolute atomic E-state index is 0.292. The zero-order valence-electron chi connectivity index (χ0n) is 13.7. The minimum Gasteiger partial charge on any atom is -0.355 e. The summed E-state index contributed by atoms with van der Waals surface area (Å²) in [6, 6.07) is 20.2. The molecule has 0 bridgehead atoms. The van der Waals surface area contributed by atoms with E-state index in [0.29, 0.717) is 16.9 Å². The molecule has 0 saturated carbocycles. The number of carbonyl (C=O) groups is 1. The predicted octanol–water partition coefficient (Wildman–Crippen LogP) is 4.26. The molecule has 2 aromatic carbocycles. The number of carbonyl (C=O) groups excluding carboxylic acids is 1. The SMILES string of the molecule is Cc1cccc(Nc2ccnc(C(=O)Nc3cccc(C#N)c3)c2)c1. The maximum atomic E-state index is 12.4. The number of anilines is 3. The number of aryl methyl sites for hydroxylation is 1. The Morgan fingerprint density at radius 2 is 1.76 bits per heavy atom. The number of aromatic nitrogens is 1. The first kappa shape index (κ1) is 16.2. The van der Waals surface area contributed by atoms with E-state index in [9.17, 15) is 4.79 Å². The number of nitrogens with one attached hydrogen (secondary N) is 2. The van der Waals surface area contributed by atoms with Gasteiger partial charge in [-0.2, -0.15) is 5.26 Å². The lowest BCUT2D eigenvalue weighted by Crippen LogP contribution is -2.13. The standard InChI is InChI=1S/C20H16N4O/c1-14-4-2-6-16(10-14)23-18-8-9-22-19(12-18)20(25)24-17-7-3-5-15(11-17)13-21/h2-12H,1H3,(H,22,23)(H,24,25). The number of rotatable bonds is 4. The molecular weight excluding hydrogens is 312 g/mol. The van der Waals surface area contributed by atoms with Gasteiger partial charge in [-0.25, -0.2) is 0 Å². The zero-order chi connectivity index (χ0) is 17.6. The summed E-state index contributed by atoms with van der Waals surface area (Å²) in [6.07, 6.45) is 1.58. The highest BCUT2D eigenvalue weighted by atomic mass is 16.1. The van der Waals surface area contributed by atoms with Gasteiger partial charge in [0.25, 0.3) is 5.91 Å². The van der Waals surface area contributed by atoms with E-state index < -0.39 is 0 Å². The highest BCUT2D eigenvalue weighted by molar-refractivity contribution is 6.03. The normalized spacial score (nSPS) is 9.92. The Hall–Kier alpha value is -3.65. The molecule has 0 fully saturated rings. The summed E-state index contributed by atoms with van der Waals surface area (Å²) in [5.41, 5.74) is 4.20. The van der Waals surface area contributed by atoms with Gasteiger partial charge in [0.15, 0.2) is 0 Å². The topological polar surface area (TPSA) is 77.8 Å². The summed E-state index contributed by atoms with van der Waals surface area (Å²) in [5, 5.41) is 14.9. The van der Waals surface area contributed by atoms with Crippen LogP contribution >= 0.6 is 0 Å². The summed E-state index contributed by atoms with van der Waals surface area (Å²) in [7, 11) is 0. The lowest BCUT2D eigenvalue weighted by Gasteiger charge is -2.09. The van der Waals surface area contributed by atoms with Crippen LogP contribution in [0.4, 0.5) is 17.1 Å². The number of hydrogen-bond donors (Lipinski definition) is 2. The Morgan fingerprint density at radius 3 is 2.56 bits per heavy atom. The first-order chi connectivity index (χ1) is 12.1. The number of amides is 1. The number of hydrogen-bond acceptors (Lipinski definition) is 4. The number of nitrogens with zero attached hydrogens (tertiary/aromatic N) is 2. The van der Waals surface area contributed by atoms with Crippen molar-refractivity contribution in [3.05, 3.63) is 83.7 Å². The molecule has 1 aromatic heterocycles. The summed E-state index contributed by atoms with van der Waals surface area (Å²) in [5.74, 6) is -0.331. The molecule has 1 amide bonds. The Balaban J connectivity index is 1.76. The van der Waals surface area contributed by atoms with Crippen LogP contribution in [-0.2, 0) is 0 Å². The van der Waals surface area contributed by atoms with Crippen molar-refractivity contribution >= 4 is 23.0 Å². The second-order valence-corrected chi connectivity index (χ2v) is 5.57. The molecule has 0 radical (unpaired) electrons. The van der Waals surface area contributed by atoms with Crippen molar-refractivity contribution in [1.82, 2.24) is 4.98 Å². The van der Waals surface area contributed by atoms with E-state index in [1.54, 1.807) is 42.6 Å².